The molecule has 0 aliphatic carbocycles. The molecule has 0 spiro atoms. The molecule has 28 nitrogen and oxygen atoms in total. The Morgan fingerprint density at radius 1 is 0.747 bits per heavy atom. The topological polar surface area (TPSA) is 458 Å². The zero-order valence-corrected chi connectivity index (χ0v) is 45.7. The van der Waals surface area contributed by atoms with Gasteiger partial charge in [0.05, 0.1) is 30.8 Å². The van der Waals surface area contributed by atoms with Gasteiger partial charge in [0.1, 0.15) is 60.3 Å². The van der Waals surface area contributed by atoms with Crippen LogP contribution in [0.1, 0.15) is 129 Å². The van der Waals surface area contributed by atoms with Crippen LogP contribution in [0.4, 0.5) is 0 Å². The Labute approximate surface area is 457 Å². The van der Waals surface area contributed by atoms with Gasteiger partial charge in [-0.25, -0.2) is 4.57 Å². The van der Waals surface area contributed by atoms with Crippen molar-refractivity contribution in [3.63, 3.8) is 0 Å². The summed E-state index contributed by atoms with van der Waals surface area (Å²) in [7, 11) is -5.07. The highest BCUT2D eigenvalue weighted by Crippen LogP contribution is 2.38. The summed E-state index contributed by atoms with van der Waals surface area (Å²) < 4.78 is 15.9. The predicted molar refractivity (Wildman–Crippen MR) is 276 cm³/mol. The Balaban J connectivity index is 1.71. The predicted octanol–water partition coefficient (Wildman–Crippen LogP) is -3.58. The third-order valence-electron chi connectivity index (χ3n) is 14.5. The average molecular weight is 1150 g/mol. The maximum atomic E-state index is 14.5. The van der Waals surface area contributed by atoms with Gasteiger partial charge < -0.3 is 87.5 Å². The molecule has 2 unspecified atom stereocenters. The number of nitrogens with two attached hydrogens (primary N) is 1. The first-order valence-corrected chi connectivity index (χ1v) is 28.3. The number of primary amides is 1. The first kappa shape index (κ1) is 66.1. The number of phosphoric acid groups is 1. The van der Waals surface area contributed by atoms with Gasteiger partial charge in [0.15, 0.2) is 6.23 Å². The number of unbranched alkanes of at least 4 members (excludes halogenated alkanes) is 5. The number of amides is 8. The van der Waals surface area contributed by atoms with E-state index in [1.165, 1.54) is 6.42 Å². The molecule has 0 saturated carbocycles. The zero-order valence-electron chi connectivity index (χ0n) is 44.8. The summed E-state index contributed by atoms with van der Waals surface area (Å²) in [5.74, 6) is -9.12. The Bertz CT molecular complexity index is 2290. The SMILES string of the molecule is CCC(C)CC(C)CCCCCCCCC(=O)N[C@H]1C[C@@H](O)[C@@H](O)NC(=O)[C@@H]2[C@@H](O)CCN2C(=O)[C@H]([C@H](O)CC(N)=O)NC(=O)[C@H]([C@H](O)[C@@H](O)c2ccc(OP(=O)(O)O)cc2)NC(=O)[C@@H]2C[C@@H](O)CN2C(=O)[C@H]([C@@H](C)O)NC1=O. The molecule has 1 aromatic rings. The van der Waals surface area contributed by atoms with Crippen LogP contribution >= 0.6 is 7.82 Å². The number of hydrogen-bond donors (Lipinski definition) is 16. The van der Waals surface area contributed by atoms with Crippen molar-refractivity contribution in [2.24, 2.45) is 17.6 Å². The fraction of sp³-hybridized carbons (Fsp3) is 0.720. The normalized spacial score (nSPS) is 28.3. The number of rotatable bonds is 22. The molecule has 4 rings (SSSR count). The molecule has 79 heavy (non-hydrogen) atoms. The summed E-state index contributed by atoms with van der Waals surface area (Å²) >= 11 is 0. The fourth-order valence-electron chi connectivity index (χ4n) is 9.99. The van der Waals surface area contributed by atoms with Gasteiger partial charge in [0.2, 0.25) is 47.3 Å². The van der Waals surface area contributed by atoms with E-state index in [4.69, 9.17) is 5.73 Å². The number of aliphatic hydroxyl groups excluding tert-OH is 8. The second kappa shape index (κ2) is 30.4. The first-order chi connectivity index (χ1) is 37.0. The summed E-state index contributed by atoms with van der Waals surface area (Å²) in [6.07, 6.45) is -11.0. The smallest absolute Gasteiger partial charge is 0.404 e. The molecule has 17 N–H and O–H groups in total. The molecule has 3 aliphatic rings. The highest BCUT2D eigenvalue weighted by Gasteiger charge is 2.49. The van der Waals surface area contributed by atoms with E-state index >= 15 is 0 Å². The van der Waals surface area contributed by atoms with Crippen molar-refractivity contribution in [2.75, 3.05) is 13.1 Å². The minimum Gasteiger partial charge on any atom is -0.404 e. The maximum absolute atomic E-state index is 14.5. The third-order valence-corrected chi connectivity index (χ3v) is 15.0. The monoisotopic (exact) mass is 1140 g/mol. The Hall–Kier alpha value is -5.39. The van der Waals surface area contributed by atoms with Crippen LogP contribution in [0.3, 0.4) is 0 Å². The standard InChI is InChI=1S/C50H81N8O20P/c1-5-25(2)20-26(3)12-10-8-6-7-9-11-13-37(65)52-31-22-35(63)46(70)56-48(72)41-33(61)18-19-57(41)50(74)39(34(62)23-36(51)64)54-47(71)40(43(67)42(66)28-14-16-30(17-15-28)78-79(75,76)77)55-45(69)32-21-29(60)24-58(32)49(73)38(27(4)59)53-44(31)68/h14-17,25-27,29,31-35,38-43,46,59-63,66-67,70H,5-13,18-24H2,1-4H3,(H2,51,64)(H,52,65)(H,53,68)(H,54,71)(H,55,69)(H,56,72)(H2,75,76,77)/t25?,26?,27-,29-,31+,32+,33+,34-,35-,38+,39+,40+,41+,42+,43+,46-/m1/s1. The van der Waals surface area contributed by atoms with E-state index in [9.17, 15) is 93.6 Å². The van der Waals surface area contributed by atoms with Gasteiger partial charge in [-0.3, -0.25) is 48.1 Å². The molecule has 1 aromatic carbocycles. The lowest BCUT2D eigenvalue weighted by atomic mass is 9.91. The van der Waals surface area contributed by atoms with Crippen molar-refractivity contribution in [1.29, 1.82) is 0 Å². The van der Waals surface area contributed by atoms with Crippen molar-refractivity contribution >= 4 is 55.1 Å². The number of nitrogens with zero attached hydrogens (tertiary/aromatic N) is 2. The van der Waals surface area contributed by atoms with E-state index in [0.717, 1.165) is 69.7 Å². The van der Waals surface area contributed by atoms with Gasteiger partial charge >= 0.3 is 7.82 Å². The van der Waals surface area contributed by atoms with E-state index in [-0.39, 0.29) is 18.4 Å². The molecular formula is C50H81N8O20P. The summed E-state index contributed by atoms with van der Waals surface area (Å²) in [6, 6.07) is -8.37. The van der Waals surface area contributed by atoms with Gasteiger partial charge in [-0.15, -0.1) is 0 Å². The summed E-state index contributed by atoms with van der Waals surface area (Å²) in [6.45, 7) is 6.62. The Kier molecular flexibility index (Phi) is 25.5. The summed E-state index contributed by atoms with van der Waals surface area (Å²) in [4.78, 5) is 131. The summed E-state index contributed by atoms with van der Waals surface area (Å²) in [5, 5.41) is 101. The van der Waals surface area contributed by atoms with Crippen LogP contribution in [-0.4, -0.2) is 200 Å². The van der Waals surface area contributed by atoms with Gasteiger partial charge in [0, 0.05) is 32.4 Å². The van der Waals surface area contributed by atoms with Crippen LogP contribution in [0.15, 0.2) is 24.3 Å². The van der Waals surface area contributed by atoms with Gasteiger partial charge in [-0.1, -0.05) is 77.8 Å². The van der Waals surface area contributed by atoms with Gasteiger partial charge in [0.25, 0.3) is 0 Å². The highest BCUT2D eigenvalue weighted by atomic mass is 31.2. The molecular weight excluding hydrogens is 1060 g/mol. The third kappa shape index (κ3) is 19.7. The zero-order chi connectivity index (χ0) is 59.1. The minimum atomic E-state index is -5.07. The maximum Gasteiger partial charge on any atom is 0.524 e. The number of aliphatic hydroxyl groups is 8. The van der Waals surface area contributed by atoms with Crippen LogP contribution in [0, 0.1) is 11.8 Å². The summed E-state index contributed by atoms with van der Waals surface area (Å²) in [5.41, 5.74) is 5.05. The molecule has 3 aliphatic heterocycles. The van der Waals surface area contributed by atoms with Crippen molar-refractivity contribution < 1.29 is 98.1 Å². The Morgan fingerprint density at radius 3 is 1.95 bits per heavy atom. The van der Waals surface area contributed by atoms with Crippen molar-refractivity contribution in [1.82, 2.24) is 36.4 Å². The fourth-order valence-corrected chi connectivity index (χ4v) is 10.4. The number of fused-ring (bicyclic) bond motifs is 2. The van der Waals surface area contributed by atoms with Crippen LogP contribution in [0.25, 0.3) is 0 Å². The van der Waals surface area contributed by atoms with E-state index < -0.39 is 178 Å². The molecule has 3 saturated heterocycles. The molecule has 8 amide bonds. The highest BCUT2D eigenvalue weighted by molar-refractivity contribution is 7.46. The molecule has 446 valence electrons. The number of nitrogens with one attached hydrogen (secondary N) is 5. The molecule has 0 aromatic heterocycles. The number of carbonyl (C=O) groups excluding carboxylic acids is 8. The molecule has 29 heteroatoms. The molecule has 16 atom stereocenters. The first-order valence-electron chi connectivity index (χ1n) is 26.7. The lowest BCUT2D eigenvalue weighted by molar-refractivity contribution is -0.149. The quantitative estimate of drug-likeness (QED) is 0.0394. The largest absolute Gasteiger partial charge is 0.524 e. The van der Waals surface area contributed by atoms with E-state index in [0.29, 0.717) is 34.5 Å². The molecule has 3 fully saturated rings. The van der Waals surface area contributed by atoms with Gasteiger partial charge in [-0.05, 0) is 55.7 Å². The molecule has 0 radical (unpaired) electrons. The molecule has 3 heterocycles. The van der Waals surface area contributed by atoms with E-state index in [1.54, 1.807) is 0 Å². The van der Waals surface area contributed by atoms with Crippen LogP contribution in [0.5, 0.6) is 5.75 Å². The second-order valence-corrected chi connectivity index (χ2v) is 22.3. The van der Waals surface area contributed by atoms with Crippen molar-refractivity contribution in [3.05, 3.63) is 29.8 Å². The molecule has 0 bridgehead atoms. The number of benzene rings is 1. The van der Waals surface area contributed by atoms with E-state index in [1.807, 2.05) is 5.32 Å². The number of carbonyl (C=O) groups is 8. The van der Waals surface area contributed by atoms with Crippen molar-refractivity contribution in [3.8, 4) is 5.75 Å². The van der Waals surface area contributed by atoms with Crippen LogP contribution in [-0.2, 0) is 42.9 Å². The van der Waals surface area contributed by atoms with Crippen LogP contribution < -0.4 is 36.8 Å². The van der Waals surface area contributed by atoms with E-state index in [2.05, 4.69) is 46.6 Å². The second-order valence-electron chi connectivity index (χ2n) is 21.1. The van der Waals surface area contributed by atoms with Crippen LogP contribution in [0.2, 0.25) is 0 Å². The number of hydrogen-bond acceptors (Lipinski definition) is 18. The van der Waals surface area contributed by atoms with Crippen molar-refractivity contribution in [2.45, 2.75) is 203 Å². The van der Waals surface area contributed by atoms with Gasteiger partial charge in [-0.2, -0.15) is 0 Å². The number of phosphoric ester groups is 1. The minimum absolute atomic E-state index is 0.102. The Morgan fingerprint density at radius 2 is 1.34 bits per heavy atom. The lowest BCUT2D eigenvalue weighted by Gasteiger charge is -2.34. The lowest BCUT2D eigenvalue weighted by Crippen LogP contribution is -2.64. The average Bonchev–Trinajstić information content (AvgIpc) is 4.08.